The normalized spacial score (nSPS) is 23.1. The Hall–Kier alpha value is -2.15. The Morgan fingerprint density at radius 3 is 1.36 bits per heavy atom. The van der Waals surface area contributed by atoms with Crippen molar-refractivity contribution < 1.29 is 28.5 Å². The maximum atomic E-state index is 11.9. The van der Waals surface area contributed by atoms with Crippen molar-refractivity contribution in [3.05, 3.63) is 108 Å². The van der Waals surface area contributed by atoms with Gasteiger partial charge in [-0.3, -0.25) is 0 Å². The number of ether oxygens (including phenoxy) is 2. The molecule has 4 rings (SSSR count). The molecule has 258 valence electrons. The first kappa shape index (κ1) is 37.7. The van der Waals surface area contributed by atoms with Crippen LogP contribution in [0.2, 0.25) is 36.3 Å². The number of aliphatic hydroxyl groups excluding tert-OH is 2. The van der Waals surface area contributed by atoms with Gasteiger partial charge in [-0.1, -0.05) is 133 Å². The molecule has 0 radical (unpaired) electrons. The lowest BCUT2D eigenvalue weighted by Crippen LogP contribution is -2.66. The van der Waals surface area contributed by atoms with Gasteiger partial charge in [-0.15, -0.1) is 0 Å². The molecule has 3 aromatic rings. The Morgan fingerprint density at radius 2 is 1.00 bits per heavy atom. The number of hydrogen-bond acceptors (Lipinski definition) is 6. The highest BCUT2D eigenvalue weighted by Gasteiger charge is 2.54. The molecule has 3 aromatic carbocycles. The zero-order valence-electron chi connectivity index (χ0n) is 30.2. The Bertz CT molecular complexity index is 1290. The van der Waals surface area contributed by atoms with Crippen molar-refractivity contribution in [2.45, 2.75) is 120 Å². The van der Waals surface area contributed by atoms with E-state index in [2.05, 4.69) is 104 Å². The fraction of sp³-hybridized carbons (Fsp3) is 0.538. The molecule has 2 N–H and O–H groups in total. The zero-order chi connectivity index (χ0) is 34.7. The van der Waals surface area contributed by atoms with Gasteiger partial charge in [0, 0.05) is 6.61 Å². The van der Waals surface area contributed by atoms with Crippen LogP contribution in [0.25, 0.3) is 0 Å². The monoisotopic (exact) mass is 678 g/mol. The molecular weight excluding hydrogens is 621 g/mol. The third-order valence-electron chi connectivity index (χ3n) is 10.6. The minimum Gasteiger partial charge on any atom is -0.408 e. The van der Waals surface area contributed by atoms with E-state index in [1.165, 1.54) is 0 Å². The average molecular weight is 679 g/mol. The molecule has 1 aliphatic heterocycles. The van der Waals surface area contributed by atoms with E-state index in [1.54, 1.807) is 0 Å². The molecule has 0 aromatic heterocycles. The van der Waals surface area contributed by atoms with Crippen LogP contribution in [0.1, 0.15) is 64.7 Å². The van der Waals surface area contributed by atoms with Crippen LogP contribution in [0, 0.1) is 0 Å². The Balaban J connectivity index is 1.87. The topological polar surface area (TPSA) is 77.4 Å². The summed E-state index contributed by atoms with van der Waals surface area (Å²) in [5, 5.41) is 21.8. The highest BCUT2D eigenvalue weighted by Crippen LogP contribution is 2.45. The smallest absolute Gasteiger partial charge is 0.192 e. The summed E-state index contributed by atoms with van der Waals surface area (Å²) in [6.07, 6.45) is -3.14. The first-order valence-corrected chi connectivity index (χ1v) is 22.9. The maximum absolute atomic E-state index is 11.9. The van der Waals surface area contributed by atoms with Gasteiger partial charge in [0.05, 0.1) is 12.7 Å². The Labute approximate surface area is 285 Å². The summed E-state index contributed by atoms with van der Waals surface area (Å²) in [7, 11) is -4.77. The molecule has 0 amide bonds. The van der Waals surface area contributed by atoms with Gasteiger partial charge in [-0.05, 0) is 59.4 Å². The van der Waals surface area contributed by atoms with E-state index in [0.29, 0.717) is 0 Å². The van der Waals surface area contributed by atoms with Gasteiger partial charge in [-0.25, -0.2) is 0 Å². The van der Waals surface area contributed by atoms with Crippen LogP contribution in [0.4, 0.5) is 0 Å². The van der Waals surface area contributed by atoms with Crippen molar-refractivity contribution in [1.29, 1.82) is 0 Å². The van der Waals surface area contributed by atoms with Crippen LogP contribution in [0.15, 0.2) is 91.0 Å². The predicted octanol–water partition coefficient (Wildman–Crippen LogP) is 8.29. The maximum Gasteiger partial charge on any atom is 0.192 e. The van der Waals surface area contributed by atoms with Crippen molar-refractivity contribution in [2.24, 2.45) is 0 Å². The summed E-state index contributed by atoms with van der Waals surface area (Å²) in [5.41, 5.74) is 2.04. The van der Waals surface area contributed by atoms with Gasteiger partial charge in [-0.2, -0.15) is 0 Å². The number of benzene rings is 3. The van der Waals surface area contributed by atoms with E-state index < -0.39 is 52.8 Å². The molecule has 1 aliphatic rings. The van der Waals surface area contributed by atoms with Gasteiger partial charge in [0.1, 0.15) is 30.0 Å². The van der Waals surface area contributed by atoms with Gasteiger partial charge in [0.2, 0.25) is 0 Å². The summed E-state index contributed by atoms with van der Waals surface area (Å²) in [6, 6.07) is 30.9. The van der Waals surface area contributed by atoms with Crippen LogP contribution in [-0.2, 0) is 23.9 Å². The van der Waals surface area contributed by atoms with Gasteiger partial charge < -0.3 is 28.5 Å². The fourth-order valence-corrected chi connectivity index (χ4v) is 8.42. The highest BCUT2D eigenvalue weighted by molar-refractivity contribution is 6.74. The van der Waals surface area contributed by atoms with Crippen molar-refractivity contribution in [1.82, 2.24) is 0 Å². The second-order valence-corrected chi connectivity index (χ2v) is 25.5. The van der Waals surface area contributed by atoms with Crippen LogP contribution in [0.5, 0.6) is 0 Å². The largest absolute Gasteiger partial charge is 0.408 e. The second-order valence-electron chi connectivity index (χ2n) is 16.0. The van der Waals surface area contributed by atoms with Crippen LogP contribution in [0.3, 0.4) is 0 Å². The van der Waals surface area contributed by atoms with E-state index in [0.717, 1.165) is 16.7 Å². The molecule has 0 saturated carbocycles. The third-order valence-corrected chi connectivity index (χ3v) is 19.6. The Kier molecular flexibility index (Phi) is 11.8. The Morgan fingerprint density at radius 1 is 0.617 bits per heavy atom. The number of rotatable bonds is 12. The molecule has 1 heterocycles. The first-order chi connectivity index (χ1) is 21.9. The van der Waals surface area contributed by atoms with E-state index in [-0.39, 0.29) is 29.7 Å². The molecule has 0 unspecified atom stereocenters. The molecule has 0 aliphatic carbocycles. The summed E-state index contributed by atoms with van der Waals surface area (Å²) in [4.78, 5) is 0. The molecule has 1 saturated heterocycles. The lowest BCUT2D eigenvalue weighted by atomic mass is 9.80. The summed E-state index contributed by atoms with van der Waals surface area (Å²) in [5.74, 6) is 0. The van der Waals surface area contributed by atoms with Gasteiger partial charge in [0.15, 0.2) is 16.6 Å². The minimum absolute atomic E-state index is 0.0886. The molecular formula is C39H58O6Si2. The van der Waals surface area contributed by atoms with Gasteiger partial charge in [0.25, 0.3) is 0 Å². The second kappa shape index (κ2) is 14.8. The summed E-state index contributed by atoms with van der Waals surface area (Å²) >= 11 is 0. The molecule has 5 atom stereocenters. The predicted molar refractivity (Wildman–Crippen MR) is 196 cm³/mol. The highest BCUT2D eigenvalue weighted by atomic mass is 28.4. The van der Waals surface area contributed by atoms with Crippen LogP contribution >= 0.6 is 0 Å². The van der Waals surface area contributed by atoms with Crippen molar-refractivity contribution >= 4 is 16.6 Å². The minimum atomic E-state index is -2.39. The summed E-state index contributed by atoms with van der Waals surface area (Å²) < 4.78 is 28.3. The standard InChI is InChI=1S/C39H58O6Si2/c1-37(2,3)46(7,8)44-35-33(43-32(26-27-40)34(41)36(35)45-47(9,10)38(4,5)6)28-42-39(29-20-14-11-15-21-29,30-22-16-12-17-23-30)31-24-18-13-19-25-31/h11-25,32-36,40-41H,26-28H2,1-10H3/t32-,33-,34+,35-,36-/m1/s1. The molecule has 1 fully saturated rings. The van der Waals surface area contributed by atoms with Crippen LogP contribution in [-0.4, -0.2) is 70.6 Å². The van der Waals surface area contributed by atoms with Crippen molar-refractivity contribution in [3.8, 4) is 0 Å². The van der Waals surface area contributed by atoms with E-state index >= 15 is 0 Å². The van der Waals surface area contributed by atoms with E-state index in [1.807, 2.05) is 54.6 Å². The lowest BCUT2D eigenvalue weighted by Gasteiger charge is -2.52. The lowest BCUT2D eigenvalue weighted by molar-refractivity contribution is -0.232. The van der Waals surface area contributed by atoms with E-state index in [9.17, 15) is 10.2 Å². The molecule has 47 heavy (non-hydrogen) atoms. The molecule has 6 nitrogen and oxygen atoms in total. The summed E-state index contributed by atoms with van der Waals surface area (Å²) in [6.45, 7) is 22.2. The third kappa shape index (κ3) is 8.19. The van der Waals surface area contributed by atoms with Crippen LogP contribution < -0.4 is 0 Å². The first-order valence-electron chi connectivity index (χ1n) is 17.1. The van der Waals surface area contributed by atoms with E-state index in [4.69, 9.17) is 18.3 Å². The van der Waals surface area contributed by atoms with Crippen molar-refractivity contribution in [2.75, 3.05) is 13.2 Å². The average Bonchev–Trinajstić information content (AvgIpc) is 3.01. The molecule has 8 heteroatoms. The quantitative estimate of drug-likeness (QED) is 0.148. The fourth-order valence-electron chi connectivity index (χ4n) is 5.79. The van der Waals surface area contributed by atoms with Crippen molar-refractivity contribution in [3.63, 3.8) is 0 Å². The number of hydrogen-bond donors (Lipinski definition) is 2. The zero-order valence-corrected chi connectivity index (χ0v) is 32.2. The SMILES string of the molecule is CC(C)(C)[Si](C)(C)O[C@@H]1[C@@H](O)[C@@H](CCO)O[C@H](COC(c2ccccc2)(c2ccccc2)c2ccccc2)[C@H]1O[Si](C)(C)C(C)(C)C. The molecule has 0 spiro atoms. The van der Waals surface area contributed by atoms with Gasteiger partial charge >= 0.3 is 0 Å². The molecule has 0 bridgehead atoms. The number of aliphatic hydroxyl groups is 2.